The fourth-order valence-electron chi connectivity index (χ4n) is 2.55. The molecule has 2 fully saturated rings. The highest BCUT2D eigenvalue weighted by atomic mass is 32.2. The van der Waals surface area contributed by atoms with Crippen LogP contribution in [0.2, 0.25) is 0 Å². The zero-order valence-corrected chi connectivity index (χ0v) is 11.2. The van der Waals surface area contributed by atoms with Crippen LogP contribution in [0.25, 0.3) is 0 Å². The molecule has 102 valence electrons. The smallest absolute Gasteiger partial charge is 0.325 e. The minimum absolute atomic E-state index is 0.0699. The highest BCUT2D eigenvalue weighted by Crippen LogP contribution is 2.27. The molecule has 1 atom stereocenters. The van der Waals surface area contributed by atoms with E-state index in [4.69, 9.17) is 10.8 Å². The number of hydrogen-bond acceptors (Lipinski definition) is 4. The number of aliphatic carboxylic acids is 1. The van der Waals surface area contributed by atoms with Crippen molar-refractivity contribution in [3.8, 4) is 0 Å². The van der Waals surface area contributed by atoms with Gasteiger partial charge in [-0.05, 0) is 36.7 Å². The van der Waals surface area contributed by atoms with E-state index in [2.05, 4.69) is 0 Å². The summed E-state index contributed by atoms with van der Waals surface area (Å²) in [5, 5.41) is 9.03. The molecule has 1 unspecified atom stereocenters. The van der Waals surface area contributed by atoms with Crippen molar-refractivity contribution in [2.45, 2.75) is 31.2 Å². The van der Waals surface area contributed by atoms with Crippen LogP contribution < -0.4 is 5.73 Å². The third kappa shape index (κ3) is 2.98. The number of nitrogens with two attached hydrogens (primary N) is 1. The van der Waals surface area contributed by atoms with Crippen LogP contribution >= 0.6 is 11.8 Å². The second kappa shape index (κ2) is 5.48. The first-order valence-corrected chi connectivity index (χ1v) is 7.54. The van der Waals surface area contributed by atoms with Gasteiger partial charge in [0.1, 0.15) is 5.54 Å². The molecule has 6 heteroatoms. The molecule has 0 radical (unpaired) electrons. The average molecular weight is 272 g/mol. The summed E-state index contributed by atoms with van der Waals surface area (Å²) in [5.41, 5.74) is 4.53. The fraction of sp³-hybridized carbons (Fsp3) is 0.833. The zero-order chi connectivity index (χ0) is 13.2. The van der Waals surface area contributed by atoms with Gasteiger partial charge in [-0.1, -0.05) is 0 Å². The van der Waals surface area contributed by atoms with Gasteiger partial charge in [-0.2, -0.15) is 11.8 Å². The first kappa shape index (κ1) is 13.7. The first-order valence-electron chi connectivity index (χ1n) is 6.39. The van der Waals surface area contributed by atoms with Gasteiger partial charge in [0.05, 0.1) is 0 Å². The van der Waals surface area contributed by atoms with Gasteiger partial charge in [-0.15, -0.1) is 0 Å². The summed E-state index contributed by atoms with van der Waals surface area (Å²) >= 11 is 1.94. The number of amides is 1. The van der Waals surface area contributed by atoms with Crippen molar-refractivity contribution < 1.29 is 14.7 Å². The summed E-state index contributed by atoms with van der Waals surface area (Å²) in [6, 6.07) is 0. The van der Waals surface area contributed by atoms with Crippen molar-refractivity contribution in [3.05, 3.63) is 0 Å². The van der Waals surface area contributed by atoms with Crippen LogP contribution in [0.15, 0.2) is 0 Å². The van der Waals surface area contributed by atoms with Gasteiger partial charge in [-0.3, -0.25) is 9.59 Å². The molecular formula is C12H20N2O3S. The predicted molar refractivity (Wildman–Crippen MR) is 70.4 cm³/mol. The lowest BCUT2D eigenvalue weighted by molar-refractivity contribution is -0.143. The van der Waals surface area contributed by atoms with Crippen molar-refractivity contribution in [2.24, 2.45) is 11.7 Å². The summed E-state index contributed by atoms with van der Waals surface area (Å²) in [6.45, 7) is 0.631. The van der Waals surface area contributed by atoms with Crippen molar-refractivity contribution in [3.63, 3.8) is 0 Å². The highest BCUT2D eigenvalue weighted by Gasteiger charge is 2.43. The molecule has 1 amide bonds. The predicted octanol–water partition coefficient (Wildman–Crippen LogP) is 0.534. The van der Waals surface area contributed by atoms with Gasteiger partial charge >= 0.3 is 5.97 Å². The van der Waals surface area contributed by atoms with E-state index in [1.807, 2.05) is 11.8 Å². The van der Waals surface area contributed by atoms with Crippen LogP contribution in [-0.4, -0.2) is 52.0 Å². The number of thioether (sulfide) groups is 1. The van der Waals surface area contributed by atoms with Gasteiger partial charge < -0.3 is 15.7 Å². The molecule has 18 heavy (non-hydrogen) atoms. The Morgan fingerprint density at radius 2 is 2.06 bits per heavy atom. The number of carbonyl (C=O) groups is 2. The molecular weight excluding hydrogens is 252 g/mol. The number of carboxylic acid groups (broad SMARTS) is 1. The summed E-state index contributed by atoms with van der Waals surface area (Å²) in [5.74, 6) is 1.80. The Morgan fingerprint density at radius 3 is 2.61 bits per heavy atom. The Kier molecular flexibility index (Phi) is 4.17. The summed E-state index contributed by atoms with van der Waals surface area (Å²) < 4.78 is 0. The summed E-state index contributed by atoms with van der Waals surface area (Å²) in [4.78, 5) is 24.7. The molecule has 0 aromatic rings. The Balaban J connectivity index is 1.85. The second-order valence-corrected chi connectivity index (χ2v) is 6.51. The molecule has 0 aromatic carbocycles. The first-order chi connectivity index (χ1) is 8.51. The summed E-state index contributed by atoms with van der Waals surface area (Å²) in [6.07, 6.45) is 3.10. The molecule has 0 bridgehead atoms. The lowest BCUT2D eigenvalue weighted by Crippen LogP contribution is -2.50. The monoisotopic (exact) mass is 272 g/mol. The Bertz CT molecular complexity index is 344. The fourth-order valence-corrected chi connectivity index (χ4v) is 3.75. The SMILES string of the molecule is NC1(C(=O)O)CCN(C(=O)CC2CCSCC2)C1. The van der Waals surface area contributed by atoms with Gasteiger partial charge in [0.15, 0.2) is 0 Å². The van der Waals surface area contributed by atoms with Crippen LogP contribution in [-0.2, 0) is 9.59 Å². The number of carbonyl (C=O) groups excluding carboxylic acids is 1. The Morgan fingerprint density at radius 1 is 1.39 bits per heavy atom. The maximum absolute atomic E-state index is 12.1. The van der Waals surface area contributed by atoms with Gasteiger partial charge in [-0.25, -0.2) is 0 Å². The van der Waals surface area contributed by atoms with Gasteiger partial charge in [0.2, 0.25) is 5.91 Å². The molecule has 0 aromatic heterocycles. The number of hydrogen-bond donors (Lipinski definition) is 2. The normalized spacial score (nSPS) is 29.5. The van der Waals surface area contributed by atoms with Gasteiger partial charge in [0, 0.05) is 19.5 Å². The van der Waals surface area contributed by atoms with E-state index in [1.54, 1.807) is 4.90 Å². The molecule has 2 saturated heterocycles. The molecule has 5 nitrogen and oxygen atoms in total. The van der Waals surface area contributed by atoms with E-state index in [0.29, 0.717) is 25.3 Å². The van der Waals surface area contributed by atoms with Crippen LogP contribution in [0, 0.1) is 5.92 Å². The third-order valence-electron chi connectivity index (χ3n) is 3.88. The van der Waals surface area contributed by atoms with Crippen molar-refractivity contribution in [1.29, 1.82) is 0 Å². The van der Waals surface area contributed by atoms with E-state index in [1.165, 1.54) is 0 Å². The Labute approximate surface area is 111 Å². The molecule has 0 spiro atoms. The molecule has 2 aliphatic rings. The van der Waals surface area contributed by atoms with Gasteiger partial charge in [0.25, 0.3) is 0 Å². The second-order valence-electron chi connectivity index (χ2n) is 5.29. The zero-order valence-electron chi connectivity index (χ0n) is 10.4. The van der Waals surface area contributed by atoms with Crippen molar-refractivity contribution in [2.75, 3.05) is 24.6 Å². The standard InChI is InChI=1S/C12H20N2O3S/c13-12(11(16)17)3-4-14(8-12)10(15)7-9-1-5-18-6-2-9/h9H,1-8,13H2,(H,16,17). The van der Waals surface area contributed by atoms with Crippen molar-refractivity contribution in [1.82, 2.24) is 4.90 Å². The lowest BCUT2D eigenvalue weighted by Gasteiger charge is -2.24. The molecule has 0 aliphatic carbocycles. The number of likely N-dealkylation sites (tertiary alicyclic amines) is 1. The lowest BCUT2D eigenvalue weighted by atomic mass is 9.98. The van der Waals surface area contributed by atoms with Crippen LogP contribution in [0.5, 0.6) is 0 Å². The minimum atomic E-state index is -1.24. The van der Waals surface area contributed by atoms with E-state index in [9.17, 15) is 9.59 Å². The van der Waals surface area contributed by atoms with Crippen LogP contribution in [0.4, 0.5) is 0 Å². The molecule has 2 heterocycles. The third-order valence-corrected chi connectivity index (χ3v) is 4.93. The van der Waals surface area contributed by atoms with Crippen LogP contribution in [0.1, 0.15) is 25.7 Å². The van der Waals surface area contributed by atoms with E-state index < -0.39 is 11.5 Å². The molecule has 2 rings (SSSR count). The largest absolute Gasteiger partial charge is 0.480 e. The van der Waals surface area contributed by atoms with E-state index in [-0.39, 0.29) is 12.5 Å². The average Bonchev–Trinajstić information content (AvgIpc) is 2.75. The van der Waals surface area contributed by atoms with Crippen LogP contribution in [0.3, 0.4) is 0 Å². The molecule has 3 N–H and O–H groups in total. The summed E-state index contributed by atoms with van der Waals surface area (Å²) in [7, 11) is 0. The highest BCUT2D eigenvalue weighted by molar-refractivity contribution is 7.99. The number of rotatable bonds is 3. The van der Waals surface area contributed by atoms with E-state index in [0.717, 1.165) is 24.3 Å². The maximum atomic E-state index is 12.1. The number of carboxylic acids is 1. The Hall–Kier alpha value is -0.750. The van der Waals surface area contributed by atoms with Crippen molar-refractivity contribution >= 4 is 23.6 Å². The molecule has 0 saturated carbocycles. The quantitative estimate of drug-likeness (QED) is 0.783. The molecule has 2 aliphatic heterocycles. The topological polar surface area (TPSA) is 83.6 Å². The maximum Gasteiger partial charge on any atom is 0.325 e. The number of nitrogens with zero attached hydrogens (tertiary/aromatic N) is 1. The minimum Gasteiger partial charge on any atom is -0.480 e. The van der Waals surface area contributed by atoms with E-state index >= 15 is 0 Å².